The van der Waals surface area contributed by atoms with Gasteiger partial charge in [-0.1, -0.05) is 12.2 Å². The third-order valence-electron chi connectivity index (χ3n) is 3.10. The zero-order chi connectivity index (χ0) is 19.3. The molecule has 9 heteroatoms. The normalized spacial score (nSPS) is 12.4. The van der Waals surface area contributed by atoms with Gasteiger partial charge in [-0.3, -0.25) is 15.2 Å². The highest BCUT2D eigenvalue weighted by Gasteiger charge is 2.32. The Morgan fingerprint density at radius 2 is 2.04 bits per heavy atom. The van der Waals surface area contributed by atoms with Gasteiger partial charge in [0.15, 0.2) is 5.82 Å². The Balaban J connectivity index is 2.24. The fraction of sp³-hybridized carbons (Fsp3) is 0.118. The lowest BCUT2D eigenvalue weighted by Gasteiger charge is -2.06. The van der Waals surface area contributed by atoms with E-state index in [1.165, 1.54) is 30.5 Å². The van der Waals surface area contributed by atoms with Crippen molar-refractivity contribution in [1.29, 1.82) is 5.41 Å². The van der Waals surface area contributed by atoms with Crippen molar-refractivity contribution in [1.82, 2.24) is 4.98 Å². The second-order valence-corrected chi connectivity index (χ2v) is 6.07. The summed E-state index contributed by atoms with van der Waals surface area (Å²) in [6.07, 6.45) is 1.11. The molecule has 0 aliphatic carbocycles. The monoisotopic (exact) mass is 383 g/mol. The van der Waals surface area contributed by atoms with E-state index < -0.39 is 23.6 Å². The Kier molecular flexibility index (Phi) is 6.04. The highest BCUT2D eigenvalue weighted by Crippen LogP contribution is 2.30. The van der Waals surface area contributed by atoms with Crippen molar-refractivity contribution in [2.45, 2.75) is 13.1 Å². The van der Waals surface area contributed by atoms with Crippen LogP contribution in [0.15, 0.2) is 48.8 Å². The first-order valence-electron chi connectivity index (χ1n) is 7.23. The van der Waals surface area contributed by atoms with E-state index in [2.05, 4.69) is 10.3 Å². The molecule has 0 aliphatic rings. The Bertz CT molecular complexity index is 884. The fourth-order valence-corrected chi connectivity index (χ4v) is 2.81. The average Bonchev–Trinajstić information content (AvgIpc) is 3.02. The van der Waals surface area contributed by atoms with Crippen LogP contribution in [0, 0.1) is 11.2 Å². The van der Waals surface area contributed by atoms with Crippen LogP contribution in [0.2, 0.25) is 0 Å². The SMILES string of the molecule is C/C=C\C(=C/C(=N)C(F)(F)F)c1ccc(NC(=O)c2ccncc2F)s1. The van der Waals surface area contributed by atoms with Crippen LogP contribution in [0.5, 0.6) is 0 Å². The number of hydrogen-bond acceptors (Lipinski definition) is 4. The number of carbonyl (C=O) groups is 1. The van der Waals surface area contributed by atoms with Gasteiger partial charge in [-0.2, -0.15) is 13.2 Å². The van der Waals surface area contributed by atoms with E-state index in [-0.39, 0.29) is 11.1 Å². The van der Waals surface area contributed by atoms with Crippen molar-refractivity contribution in [3.05, 3.63) is 65.1 Å². The van der Waals surface area contributed by atoms with Crippen molar-refractivity contribution in [3.8, 4) is 0 Å². The molecule has 0 radical (unpaired) electrons. The first-order chi connectivity index (χ1) is 12.2. The number of nitrogens with one attached hydrogen (secondary N) is 2. The largest absolute Gasteiger partial charge is 0.432 e. The van der Waals surface area contributed by atoms with Crippen LogP contribution in [0.25, 0.3) is 5.57 Å². The van der Waals surface area contributed by atoms with Crippen LogP contribution < -0.4 is 5.32 Å². The number of halogens is 4. The molecule has 0 aliphatic heterocycles. The van der Waals surface area contributed by atoms with Gasteiger partial charge < -0.3 is 5.32 Å². The number of aromatic nitrogens is 1. The lowest BCUT2D eigenvalue weighted by Crippen LogP contribution is -2.19. The molecule has 0 aromatic carbocycles. The molecule has 2 heterocycles. The maximum absolute atomic E-state index is 13.6. The maximum Gasteiger partial charge on any atom is 0.432 e. The van der Waals surface area contributed by atoms with E-state index >= 15 is 0 Å². The van der Waals surface area contributed by atoms with Gasteiger partial charge in [0.2, 0.25) is 0 Å². The van der Waals surface area contributed by atoms with E-state index in [9.17, 15) is 22.4 Å². The van der Waals surface area contributed by atoms with Crippen LogP contribution in [-0.2, 0) is 0 Å². The number of nitrogens with zero attached hydrogens (tertiary/aromatic N) is 1. The van der Waals surface area contributed by atoms with E-state index in [1.807, 2.05) is 0 Å². The van der Waals surface area contributed by atoms with Crippen molar-refractivity contribution in [3.63, 3.8) is 0 Å². The molecule has 0 bridgehead atoms. The van der Waals surface area contributed by atoms with Gasteiger partial charge in [-0.15, -0.1) is 11.3 Å². The van der Waals surface area contributed by atoms with E-state index in [0.717, 1.165) is 17.5 Å². The minimum absolute atomic E-state index is 0.176. The Morgan fingerprint density at radius 1 is 1.31 bits per heavy atom. The maximum atomic E-state index is 13.6. The number of rotatable bonds is 5. The van der Waals surface area contributed by atoms with Crippen LogP contribution in [-0.4, -0.2) is 22.8 Å². The summed E-state index contributed by atoms with van der Waals surface area (Å²) in [5.41, 5.74) is -1.50. The lowest BCUT2D eigenvalue weighted by molar-refractivity contribution is -0.0583. The molecular formula is C17H13F4N3OS. The smallest absolute Gasteiger partial charge is 0.313 e. The van der Waals surface area contributed by atoms with Crippen LogP contribution >= 0.6 is 11.3 Å². The van der Waals surface area contributed by atoms with Gasteiger partial charge in [0.1, 0.15) is 5.71 Å². The number of thiophene rings is 1. The van der Waals surface area contributed by atoms with Gasteiger partial charge in [-0.25, -0.2) is 4.39 Å². The van der Waals surface area contributed by atoms with Gasteiger partial charge in [0.25, 0.3) is 5.91 Å². The predicted molar refractivity (Wildman–Crippen MR) is 93.0 cm³/mol. The minimum Gasteiger partial charge on any atom is -0.313 e. The van der Waals surface area contributed by atoms with Gasteiger partial charge in [0, 0.05) is 11.1 Å². The molecule has 0 saturated carbocycles. The van der Waals surface area contributed by atoms with E-state index in [0.29, 0.717) is 16.0 Å². The molecule has 2 rings (SSSR count). The second-order valence-electron chi connectivity index (χ2n) is 4.98. The summed E-state index contributed by atoms with van der Waals surface area (Å²) in [6, 6.07) is 4.22. The Labute approximate surface area is 150 Å². The summed E-state index contributed by atoms with van der Waals surface area (Å²) in [5.74, 6) is -1.48. The molecular weight excluding hydrogens is 370 g/mol. The standard InChI is InChI=1S/C17H13F4N3OS/c1-2-3-10(8-14(22)17(19,20)21)13-4-5-15(26-13)24-16(25)11-6-7-23-9-12(11)18/h2-9,22H,1H3,(H,24,25)/b3-2-,10-8+,22-14?. The molecule has 0 unspecified atom stereocenters. The highest BCUT2D eigenvalue weighted by molar-refractivity contribution is 7.17. The number of allylic oxidation sites excluding steroid dienone is 4. The quantitative estimate of drug-likeness (QED) is 0.430. The average molecular weight is 383 g/mol. The topological polar surface area (TPSA) is 65.8 Å². The fourth-order valence-electron chi connectivity index (χ4n) is 1.92. The first kappa shape index (κ1) is 19.5. The zero-order valence-electron chi connectivity index (χ0n) is 13.4. The Morgan fingerprint density at radius 3 is 2.65 bits per heavy atom. The zero-order valence-corrected chi connectivity index (χ0v) is 14.2. The number of hydrogen-bond donors (Lipinski definition) is 2. The summed E-state index contributed by atoms with van der Waals surface area (Å²) in [7, 11) is 0. The molecule has 136 valence electrons. The minimum atomic E-state index is -4.75. The van der Waals surface area contributed by atoms with Crippen LogP contribution in [0.1, 0.15) is 22.2 Å². The van der Waals surface area contributed by atoms with E-state index in [1.54, 1.807) is 13.0 Å². The molecule has 2 N–H and O–H groups in total. The van der Waals surface area contributed by atoms with E-state index in [4.69, 9.17) is 5.41 Å². The van der Waals surface area contributed by atoms with Crippen molar-refractivity contribution in [2.75, 3.05) is 5.32 Å². The molecule has 4 nitrogen and oxygen atoms in total. The Hall–Kier alpha value is -2.81. The lowest BCUT2D eigenvalue weighted by atomic mass is 10.1. The van der Waals surface area contributed by atoms with Crippen molar-refractivity contribution in [2.24, 2.45) is 0 Å². The van der Waals surface area contributed by atoms with Crippen molar-refractivity contribution >= 4 is 33.5 Å². The van der Waals surface area contributed by atoms with Crippen LogP contribution in [0.3, 0.4) is 0 Å². The van der Waals surface area contributed by atoms with Crippen molar-refractivity contribution < 1.29 is 22.4 Å². The number of pyridine rings is 1. The first-order valence-corrected chi connectivity index (χ1v) is 8.05. The summed E-state index contributed by atoms with van der Waals surface area (Å²) in [5, 5.41) is 9.92. The molecule has 0 fully saturated rings. The molecule has 0 saturated heterocycles. The number of amides is 1. The molecule has 2 aromatic rings. The summed E-state index contributed by atoms with van der Waals surface area (Å²) >= 11 is 1.01. The summed E-state index contributed by atoms with van der Waals surface area (Å²) < 4.78 is 51.3. The second kappa shape index (κ2) is 8.05. The predicted octanol–water partition coefficient (Wildman–Crippen LogP) is 5.08. The number of alkyl halides is 3. The van der Waals surface area contributed by atoms with Gasteiger partial charge in [0.05, 0.1) is 16.8 Å². The number of carbonyl (C=O) groups excluding carboxylic acids is 1. The third kappa shape index (κ3) is 4.85. The molecule has 1 amide bonds. The van der Waals surface area contributed by atoms with Crippen LogP contribution in [0.4, 0.5) is 22.6 Å². The highest BCUT2D eigenvalue weighted by atomic mass is 32.1. The third-order valence-corrected chi connectivity index (χ3v) is 4.15. The van der Waals surface area contributed by atoms with Gasteiger partial charge in [-0.05, 0) is 36.8 Å². The number of anilines is 1. The summed E-state index contributed by atoms with van der Waals surface area (Å²) in [4.78, 5) is 16.0. The molecule has 0 atom stereocenters. The summed E-state index contributed by atoms with van der Waals surface area (Å²) in [6.45, 7) is 1.63. The molecule has 0 spiro atoms. The molecule has 2 aromatic heterocycles. The van der Waals surface area contributed by atoms with Gasteiger partial charge >= 0.3 is 6.18 Å². The molecule has 26 heavy (non-hydrogen) atoms.